The van der Waals surface area contributed by atoms with Gasteiger partial charge >= 0.3 is 0 Å². The highest BCUT2D eigenvalue weighted by molar-refractivity contribution is 5.85. The number of tetrazole rings is 1. The van der Waals surface area contributed by atoms with Crippen molar-refractivity contribution >= 4 is 10.9 Å². The third-order valence-corrected chi connectivity index (χ3v) is 6.71. The lowest BCUT2D eigenvalue weighted by Gasteiger charge is -2.32. The fraction of sp³-hybridized carbons (Fsp3) is 0.429. The summed E-state index contributed by atoms with van der Waals surface area (Å²) in [6.45, 7) is 13.5. The topological polar surface area (TPSA) is 88.9 Å². The van der Waals surface area contributed by atoms with Gasteiger partial charge in [-0.1, -0.05) is 37.3 Å². The predicted molar refractivity (Wildman–Crippen MR) is 142 cm³/mol. The zero-order valence-corrected chi connectivity index (χ0v) is 22.3. The molecule has 0 aliphatic rings. The number of nitrogens with one attached hydrogen (secondary N) is 1. The molecule has 36 heavy (non-hydrogen) atoms. The number of pyridine rings is 1. The van der Waals surface area contributed by atoms with Crippen LogP contribution in [-0.4, -0.2) is 37.2 Å². The van der Waals surface area contributed by atoms with Crippen molar-refractivity contribution in [1.82, 2.24) is 30.1 Å². The van der Waals surface area contributed by atoms with Crippen molar-refractivity contribution in [3.8, 4) is 5.75 Å². The summed E-state index contributed by atoms with van der Waals surface area (Å²) in [6.07, 6.45) is 0.773. The molecule has 0 aliphatic heterocycles. The molecular weight excluding hydrogens is 452 g/mol. The summed E-state index contributed by atoms with van der Waals surface area (Å²) in [7, 11) is 1.68. The van der Waals surface area contributed by atoms with Gasteiger partial charge in [0.25, 0.3) is 5.56 Å². The predicted octanol–water partition coefficient (Wildman–Crippen LogP) is 5.05. The molecule has 190 valence electrons. The summed E-state index contributed by atoms with van der Waals surface area (Å²) in [5, 5.41) is 13.8. The monoisotopic (exact) mass is 488 g/mol. The molecule has 1 atom stereocenters. The van der Waals surface area contributed by atoms with Crippen molar-refractivity contribution in [1.29, 1.82) is 0 Å². The molecule has 4 rings (SSSR count). The van der Waals surface area contributed by atoms with Gasteiger partial charge in [0.2, 0.25) is 0 Å². The van der Waals surface area contributed by atoms with E-state index in [9.17, 15) is 4.79 Å². The van der Waals surface area contributed by atoms with Crippen LogP contribution in [0.1, 0.15) is 68.2 Å². The number of nitrogens with zero attached hydrogens (tertiary/aromatic N) is 5. The van der Waals surface area contributed by atoms with Crippen molar-refractivity contribution in [3.63, 3.8) is 0 Å². The van der Waals surface area contributed by atoms with Gasteiger partial charge in [-0.05, 0) is 74.7 Å². The molecule has 0 unspecified atom stereocenters. The molecule has 2 aromatic carbocycles. The minimum atomic E-state index is -0.280. The summed E-state index contributed by atoms with van der Waals surface area (Å²) < 4.78 is 7.53. The van der Waals surface area contributed by atoms with Crippen LogP contribution in [0, 0.1) is 13.8 Å². The van der Waals surface area contributed by atoms with Gasteiger partial charge in [-0.3, -0.25) is 9.69 Å². The maximum Gasteiger partial charge on any atom is 0.252 e. The Morgan fingerprint density at radius 3 is 2.44 bits per heavy atom. The number of benzene rings is 2. The highest BCUT2D eigenvalue weighted by Crippen LogP contribution is 2.31. The van der Waals surface area contributed by atoms with E-state index in [1.807, 2.05) is 41.9 Å². The fourth-order valence-electron chi connectivity index (χ4n) is 4.77. The first-order valence-electron chi connectivity index (χ1n) is 12.4. The van der Waals surface area contributed by atoms with Crippen LogP contribution in [-0.2, 0) is 18.6 Å². The molecule has 0 radical (unpaired) electrons. The molecule has 0 spiro atoms. The maximum absolute atomic E-state index is 13.3. The number of H-pyrrole nitrogens is 1. The molecule has 0 saturated heterocycles. The Kier molecular flexibility index (Phi) is 7.26. The van der Waals surface area contributed by atoms with Crippen molar-refractivity contribution < 1.29 is 4.74 Å². The lowest BCUT2D eigenvalue weighted by atomic mass is 10.0. The van der Waals surface area contributed by atoms with Gasteiger partial charge in [0.05, 0.1) is 24.2 Å². The molecule has 0 saturated carbocycles. The number of ether oxygens (including phenoxy) is 1. The fourth-order valence-corrected chi connectivity index (χ4v) is 4.77. The highest BCUT2D eigenvalue weighted by Gasteiger charge is 2.30. The van der Waals surface area contributed by atoms with Crippen molar-refractivity contribution in [2.75, 3.05) is 7.11 Å². The number of hydrogen-bond acceptors (Lipinski definition) is 6. The van der Waals surface area contributed by atoms with E-state index in [-0.39, 0.29) is 17.1 Å². The van der Waals surface area contributed by atoms with Crippen LogP contribution in [0.5, 0.6) is 5.75 Å². The van der Waals surface area contributed by atoms with E-state index in [4.69, 9.17) is 4.74 Å². The van der Waals surface area contributed by atoms with Crippen molar-refractivity contribution in [3.05, 3.63) is 80.9 Å². The van der Waals surface area contributed by atoms with E-state index < -0.39 is 0 Å². The average molecular weight is 489 g/mol. The van der Waals surface area contributed by atoms with Crippen LogP contribution in [0.15, 0.2) is 47.3 Å². The van der Waals surface area contributed by atoms with Crippen LogP contribution < -0.4 is 10.3 Å². The first-order valence-corrected chi connectivity index (χ1v) is 12.4. The number of aryl methyl sites for hydroxylation is 2. The summed E-state index contributed by atoms with van der Waals surface area (Å²) in [5.41, 5.74) is 4.47. The van der Waals surface area contributed by atoms with Crippen LogP contribution >= 0.6 is 0 Å². The van der Waals surface area contributed by atoms with Crippen LogP contribution in [0.4, 0.5) is 0 Å². The SMILES string of the molecule is CC[C@H](c1nnnn1C(C)(C)C)N(Cc1ccccc1OC)Cc1cc2c(C)ccc(C)c2[nH]c1=O. The molecular formula is C28H36N6O2. The summed E-state index contributed by atoms with van der Waals surface area (Å²) in [4.78, 5) is 18.7. The molecule has 8 nitrogen and oxygen atoms in total. The number of hydrogen-bond donors (Lipinski definition) is 1. The molecule has 4 aromatic rings. The largest absolute Gasteiger partial charge is 0.496 e. The first-order chi connectivity index (χ1) is 17.1. The smallest absolute Gasteiger partial charge is 0.252 e. The van der Waals surface area contributed by atoms with Gasteiger partial charge in [-0.25, -0.2) is 4.68 Å². The van der Waals surface area contributed by atoms with E-state index in [0.29, 0.717) is 18.7 Å². The van der Waals surface area contributed by atoms with Gasteiger partial charge in [-0.2, -0.15) is 0 Å². The molecule has 8 heteroatoms. The van der Waals surface area contributed by atoms with Gasteiger partial charge in [-0.15, -0.1) is 5.10 Å². The van der Waals surface area contributed by atoms with Crippen LogP contribution in [0.25, 0.3) is 10.9 Å². The normalized spacial score (nSPS) is 12.9. The second-order valence-electron chi connectivity index (χ2n) is 10.4. The Hall–Kier alpha value is -3.52. The van der Waals surface area contributed by atoms with Crippen molar-refractivity contribution in [2.45, 2.75) is 72.6 Å². The molecule has 1 N–H and O–H groups in total. The molecule has 2 aromatic heterocycles. The Labute approximate surface area is 212 Å². The van der Waals surface area contributed by atoms with Gasteiger partial charge in [0, 0.05) is 29.6 Å². The van der Waals surface area contributed by atoms with Gasteiger partial charge in [0.15, 0.2) is 5.82 Å². The number of aromatic nitrogens is 5. The Bertz CT molecular complexity index is 1420. The third kappa shape index (κ3) is 5.04. The second-order valence-corrected chi connectivity index (χ2v) is 10.4. The molecule has 0 amide bonds. The summed E-state index contributed by atoms with van der Waals surface area (Å²) in [6, 6.07) is 14.0. The standard InChI is InChI=1S/C28H36N6O2/c1-8-23(26-30-31-32-34(26)28(4,5)6)33(16-20-11-9-10-12-24(20)36-7)17-21-15-22-18(2)13-14-19(3)25(22)29-27(21)35/h9-15,23H,8,16-17H2,1-7H3,(H,29,35)/t23-/m1/s1. The maximum atomic E-state index is 13.3. The first kappa shape index (κ1) is 25.6. The molecule has 2 heterocycles. The third-order valence-electron chi connectivity index (χ3n) is 6.71. The number of methoxy groups -OCH3 is 1. The molecule has 0 aliphatic carbocycles. The lowest BCUT2D eigenvalue weighted by Crippen LogP contribution is -2.35. The summed E-state index contributed by atoms with van der Waals surface area (Å²) >= 11 is 0. The Morgan fingerprint density at radius 1 is 1.06 bits per heavy atom. The minimum absolute atomic E-state index is 0.0773. The Balaban J connectivity index is 1.83. The minimum Gasteiger partial charge on any atom is -0.496 e. The molecule has 0 bridgehead atoms. The second kappa shape index (κ2) is 10.2. The van der Waals surface area contributed by atoms with Crippen molar-refractivity contribution in [2.24, 2.45) is 0 Å². The van der Waals surface area contributed by atoms with E-state index in [1.54, 1.807) is 7.11 Å². The van der Waals surface area contributed by atoms with Gasteiger partial charge < -0.3 is 9.72 Å². The van der Waals surface area contributed by atoms with Crippen LogP contribution in [0.3, 0.4) is 0 Å². The zero-order chi connectivity index (χ0) is 26.0. The number of aromatic amines is 1. The average Bonchev–Trinajstić information content (AvgIpc) is 3.33. The van der Waals surface area contributed by atoms with Gasteiger partial charge in [0.1, 0.15) is 5.75 Å². The number of fused-ring (bicyclic) bond motifs is 1. The van der Waals surface area contributed by atoms with E-state index >= 15 is 0 Å². The van der Waals surface area contributed by atoms with E-state index in [0.717, 1.165) is 45.6 Å². The van der Waals surface area contributed by atoms with E-state index in [1.165, 1.54) is 0 Å². The van der Waals surface area contributed by atoms with Crippen LogP contribution in [0.2, 0.25) is 0 Å². The summed E-state index contributed by atoms with van der Waals surface area (Å²) in [5.74, 6) is 1.59. The molecule has 0 fully saturated rings. The van der Waals surface area contributed by atoms with E-state index in [2.05, 4.69) is 72.2 Å². The number of para-hydroxylation sites is 1. The zero-order valence-electron chi connectivity index (χ0n) is 22.3. The highest BCUT2D eigenvalue weighted by atomic mass is 16.5. The quantitative estimate of drug-likeness (QED) is 0.373. The lowest BCUT2D eigenvalue weighted by molar-refractivity contribution is 0.152. The number of rotatable bonds is 8. The Morgan fingerprint density at radius 2 is 1.75 bits per heavy atom.